The number of rotatable bonds is 4. The first-order chi connectivity index (χ1) is 8.46. The Kier molecular flexibility index (Phi) is 4.45. The molecule has 1 aromatic carbocycles. The Hall–Kier alpha value is -1.87. The minimum absolute atomic E-state index is 0.0388. The van der Waals surface area contributed by atoms with E-state index in [1.54, 1.807) is 12.1 Å². The molecule has 0 amide bonds. The van der Waals surface area contributed by atoms with Gasteiger partial charge in [-0.05, 0) is 24.0 Å². The van der Waals surface area contributed by atoms with Crippen LogP contribution in [0.3, 0.4) is 0 Å². The number of benzene rings is 1. The summed E-state index contributed by atoms with van der Waals surface area (Å²) in [6.45, 7) is 13.2. The molecule has 0 aliphatic heterocycles. The van der Waals surface area contributed by atoms with Crippen LogP contribution in [0, 0.1) is 23.7 Å². The highest BCUT2D eigenvalue weighted by Gasteiger charge is 2.23. The van der Waals surface area contributed by atoms with Gasteiger partial charge in [0.2, 0.25) is 5.69 Å². The number of nitrogens with zero attached hydrogens (tertiary/aromatic N) is 2. The third kappa shape index (κ3) is 2.87. The van der Waals surface area contributed by atoms with Crippen molar-refractivity contribution in [2.45, 2.75) is 45.4 Å². The standard InChI is InChI=1S/C15H17FN2/c1-5-6-7-15(2,3)12-8-11(10-17)14(16)13(9-12)18-4/h8-9H,5-7H2,1-3H3. The maximum absolute atomic E-state index is 13.7. The normalized spacial score (nSPS) is 10.8. The SMILES string of the molecule is [C-]#[N+]c1cc(C(C)(C)CCCC)cc(C#N)c1F. The zero-order chi connectivity index (χ0) is 13.8. The molecular formula is C15H17FN2. The minimum Gasteiger partial charge on any atom is -0.235 e. The molecule has 0 saturated carbocycles. The van der Waals surface area contributed by atoms with Gasteiger partial charge in [-0.25, -0.2) is 9.24 Å². The van der Waals surface area contributed by atoms with E-state index in [9.17, 15) is 4.39 Å². The van der Waals surface area contributed by atoms with Gasteiger partial charge >= 0.3 is 0 Å². The Morgan fingerprint density at radius 3 is 2.61 bits per heavy atom. The average molecular weight is 244 g/mol. The van der Waals surface area contributed by atoms with Gasteiger partial charge in [0.25, 0.3) is 0 Å². The molecule has 0 aliphatic carbocycles. The highest BCUT2D eigenvalue weighted by atomic mass is 19.1. The molecule has 0 spiro atoms. The van der Waals surface area contributed by atoms with Crippen molar-refractivity contribution in [3.8, 4) is 6.07 Å². The van der Waals surface area contributed by atoms with E-state index in [1.807, 2.05) is 6.07 Å². The van der Waals surface area contributed by atoms with Crippen molar-refractivity contribution < 1.29 is 4.39 Å². The molecule has 1 aromatic rings. The molecule has 0 radical (unpaired) electrons. The van der Waals surface area contributed by atoms with Gasteiger partial charge in [0.05, 0.1) is 12.1 Å². The summed E-state index contributed by atoms with van der Waals surface area (Å²) in [6, 6.07) is 4.96. The molecule has 94 valence electrons. The smallest absolute Gasteiger partial charge is 0.223 e. The first kappa shape index (κ1) is 14.2. The van der Waals surface area contributed by atoms with Crippen LogP contribution in [0.25, 0.3) is 4.85 Å². The number of halogens is 1. The molecule has 18 heavy (non-hydrogen) atoms. The molecule has 0 atom stereocenters. The molecule has 0 N–H and O–H groups in total. The predicted octanol–water partition coefficient (Wildman–Crippen LogP) is 4.72. The molecule has 0 aromatic heterocycles. The van der Waals surface area contributed by atoms with E-state index in [2.05, 4.69) is 25.6 Å². The monoisotopic (exact) mass is 244 g/mol. The van der Waals surface area contributed by atoms with Gasteiger partial charge in [0.15, 0.2) is 0 Å². The van der Waals surface area contributed by atoms with Crippen molar-refractivity contribution in [1.82, 2.24) is 0 Å². The van der Waals surface area contributed by atoms with Crippen LogP contribution >= 0.6 is 0 Å². The lowest BCUT2D eigenvalue weighted by Gasteiger charge is -2.26. The Labute approximate surface area is 108 Å². The summed E-state index contributed by atoms with van der Waals surface area (Å²) in [5.41, 5.74) is 0.617. The molecule has 2 nitrogen and oxygen atoms in total. The van der Waals surface area contributed by atoms with Crippen LogP contribution in [0.4, 0.5) is 10.1 Å². The maximum Gasteiger partial charge on any atom is 0.223 e. The van der Waals surface area contributed by atoms with Crippen molar-refractivity contribution in [3.63, 3.8) is 0 Å². The quantitative estimate of drug-likeness (QED) is 0.704. The van der Waals surface area contributed by atoms with Gasteiger partial charge in [-0.3, -0.25) is 0 Å². The molecule has 0 saturated heterocycles. The van der Waals surface area contributed by atoms with E-state index in [1.165, 1.54) is 0 Å². The fraction of sp³-hybridized carbons (Fsp3) is 0.467. The van der Waals surface area contributed by atoms with E-state index in [0.717, 1.165) is 24.8 Å². The first-order valence-electron chi connectivity index (χ1n) is 6.08. The van der Waals surface area contributed by atoms with Gasteiger partial charge < -0.3 is 0 Å². The van der Waals surface area contributed by atoms with Crippen molar-refractivity contribution >= 4 is 5.69 Å². The number of unbranched alkanes of at least 4 members (excludes halogenated alkanes) is 1. The largest absolute Gasteiger partial charge is 0.235 e. The summed E-state index contributed by atoms with van der Waals surface area (Å²) < 4.78 is 13.7. The molecule has 1 rings (SSSR count). The zero-order valence-corrected chi connectivity index (χ0v) is 11.0. The number of hydrogen-bond donors (Lipinski definition) is 0. The van der Waals surface area contributed by atoms with Gasteiger partial charge in [-0.1, -0.05) is 39.2 Å². The summed E-state index contributed by atoms with van der Waals surface area (Å²) in [7, 11) is 0. The zero-order valence-electron chi connectivity index (χ0n) is 11.0. The molecule has 0 bridgehead atoms. The van der Waals surface area contributed by atoms with E-state index in [-0.39, 0.29) is 16.7 Å². The van der Waals surface area contributed by atoms with Gasteiger partial charge in [-0.2, -0.15) is 5.26 Å². The topological polar surface area (TPSA) is 28.1 Å². The van der Waals surface area contributed by atoms with E-state index in [0.29, 0.717) is 0 Å². The lowest BCUT2D eigenvalue weighted by Crippen LogP contribution is -2.17. The fourth-order valence-electron chi connectivity index (χ4n) is 1.93. The van der Waals surface area contributed by atoms with Gasteiger partial charge in [0.1, 0.15) is 11.9 Å². The molecule has 0 aliphatic rings. The second-order valence-electron chi connectivity index (χ2n) is 5.07. The summed E-state index contributed by atoms with van der Waals surface area (Å²) >= 11 is 0. The highest BCUT2D eigenvalue weighted by Crippen LogP contribution is 2.34. The summed E-state index contributed by atoms with van der Waals surface area (Å²) in [5, 5.41) is 8.91. The van der Waals surface area contributed by atoms with E-state index in [4.69, 9.17) is 11.8 Å². The number of hydrogen-bond acceptors (Lipinski definition) is 1. The second kappa shape index (κ2) is 5.65. The van der Waals surface area contributed by atoms with E-state index < -0.39 is 5.82 Å². The summed E-state index contributed by atoms with van der Waals surface area (Å²) in [5.74, 6) is -0.706. The predicted molar refractivity (Wildman–Crippen MR) is 69.9 cm³/mol. The van der Waals surface area contributed by atoms with Crippen LogP contribution < -0.4 is 0 Å². The fourth-order valence-corrected chi connectivity index (χ4v) is 1.93. The third-order valence-corrected chi connectivity index (χ3v) is 3.23. The minimum atomic E-state index is -0.706. The first-order valence-corrected chi connectivity index (χ1v) is 6.08. The van der Waals surface area contributed by atoms with Crippen molar-refractivity contribution in [3.05, 3.63) is 40.5 Å². The number of nitriles is 1. The second-order valence-corrected chi connectivity index (χ2v) is 5.07. The Morgan fingerprint density at radius 1 is 1.44 bits per heavy atom. The maximum atomic E-state index is 13.7. The van der Waals surface area contributed by atoms with Crippen molar-refractivity contribution in [2.24, 2.45) is 0 Å². The molecule has 3 heteroatoms. The highest BCUT2D eigenvalue weighted by molar-refractivity contribution is 5.55. The van der Waals surface area contributed by atoms with Gasteiger partial charge in [-0.15, -0.1) is 0 Å². The van der Waals surface area contributed by atoms with Crippen molar-refractivity contribution in [1.29, 1.82) is 5.26 Å². The molecule has 0 unspecified atom stereocenters. The van der Waals surface area contributed by atoms with Crippen LogP contribution in [0.15, 0.2) is 12.1 Å². The van der Waals surface area contributed by atoms with Crippen LogP contribution in [0.2, 0.25) is 0 Å². The summed E-state index contributed by atoms with van der Waals surface area (Å²) in [4.78, 5) is 3.16. The van der Waals surface area contributed by atoms with Crippen molar-refractivity contribution in [2.75, 3.05) is 0 Å². The Morgan fingerprint density at radius 2 is 2.11 bits per heavy atom. The van der Waals surface area contributed by atoms with E-state index >= 15 is 0 Å². The molecule has 0 heterocycles. The summed E-state index contributed by atoms with van der Waals surface area (Å²) in [6.07, 6.45) is 3.11. The lowest BCUT2D eigenvalue weighted by atomic mass is 9.79. The van der Waals surface area contributed by atoms with Crippen LogP contribution in [-0.4, -0.2) is 0 Å². The van der Waals surface area contributed by atoms with Crippen LogP contribution in [0.1, 0.15) is 51.2 Å². The van der Waals surface area contributed by atoms with Crippen LogP contribution in [-0.2, 0) is 5.41 Å². The lowest BCUT2D eigenvalue weighted by molar-refractivity contribution is 0.457. The van der Waals surface area contributed by atoms with Gasteiger partial charge in [0, 0.05) is 0 Å². The average Bonchev–Trinajstić information content (AvgIpc) is 2.36. The Balaban J connectivity index is 3.27. The Bertz CT molecular complexity index is 483. The molecular weight excluding hydrogens is 227 g/mol. The third-order valence-electron chi connectivity index (χ3n) is 3.23. The van der Waals surface area contributed by atoms with Crippen LogP contribution in [0.5, 0.6) is 0 Å². The molecule has 0 fully saturated rings.